The van der Waals surface area contributed by atoms with E-state index in [2.05, 4.69) is 21.7 Å². The number of hydrogen-bond donors (Lipinski definition) is 2. The predicted octanol–water partition coefficient (Wildman–Crippen LogP) is 6.37. The van der Waals surface area contributed by atoms with Crippen molar-refractivity contribution < 1.29 is 13.9 Å². The maximum Gasteiger partial charge on any atom is 0.248 e. The number of amides is 1. The number of nitriles is 1. The summed E-state index contributed by atoms with van der Waals surface area (Å²) < 4.78 is 19.3. The minimum atomic E-state index is -0.545. The first-order valence-electron chi connectivity index (χ1n) is 10.2. The number of nitrogens with zero attached hydrogens (tertiary/aromatic N) is 3. The van der Waals surface area contributed by atoms with Crippen molar-refractivity contribution in [3.8, 4) is 11.8 Å². The minimum Gasteiger partial charge on any atom is -0.492 e. The summed E-state index contributed by atoms with van der Waals surface area (Å²) in [6.45, 7) is 2.85. The van der Waals surface area contributed by atoms with Gasteiger partial charge in [-0.1, -0.05) is 32.5 Å². The number of benzene rings is 2. The molecule has 1 amide bonds. The van der Waals surface area contributed by atoms with Crippen molar-refractivity contribution in [3.63, 3.8) is 0 Å². The largest absolute Gasteiger partial charge is 0.492 e. The molecule has 0 spiro atoms. The molecule has 2 N–H and O–H groups in total. The highest BCUT2D eigenvalue weighted by Crippen LogP contribution is 2.36. The van der Waals surface area contributed by atoms with Crippen LogP contribution in [0.3, 0.4) is 0 Å². The quantitative estimate of drug-likeness (QED) is 0.350. The number of pyridine rings is 1. The van der Waals surface area contributed by atoms with Crippen LogP contribution in [-0.2, 0) is 4.79 Å². The molecule has 1 heterocycles. The van der Waals surface area contributed by atoms with Gasteiger partial charge in [0.1, 0.15) is 17.6 Å². The van der Waals surface area contributed by atoms with Crippen LogP contribution in [0.25, 0.3) is 10.9 Å². The highest BCUT2D eigenvalue weighted by atomic mass is 35.5. The maximum absolute atomic E-state index is 13.6. The lowest BCUT2D eigenvalue weighted by Crippen LogP contribution is -2.13. The van der Waals surface area contributed by atoms with Crippen molar-refractivity contribution in [1.82, 2.24) is 9.88 Å². The summed E-state index contributed by atoms with van der Waals surface area (Å²) in [7, 11) is 3.81. The number of carbonyl (C=O) groups is 1. The lowest BCUT2D eigenvalue weighted by atomic mass is 10.1. The Morgan fingerprint density at radius 2 is 2.03 bits per heavy atom. The van der Waals surface area contributed by atoms with E-state index in [4.69, 9.17) is 16.3 Å². The van der Waals surface area contributed by atoms with Crippen molar-refractivity contribution >= 4 is 45.5 Å². The topological polar surface area (TPSA) is 90.3 Å². The van der Waals surface area contributed by atoms with Crippen LogP contribution in [0.2, 0.25) is 5.02 Å². The number of likely N-dealkylation sites (N-methyl/N-ethyl adjacent to an activating group) is 1. The first-order chi connectivity index (χ1) is 15.8. The Bertz CT molecular complexity index is 1250. The van der Waals surface area contributed by atoms with E-state index >= 15 is 0 Å². The summed E-state index contributed by atoms with van der Waals surface area (Å²) >= 11 is 5.91. The number of rotatable bonds is 8. The van der Waals surface area contributed by atoms with E-state index in [0.29, 0.717) is 46.9 Å². The van der Waals surface area contributed by atoms with Gasteiger partial charge in [-0.15, -0.1) is 0 Å². The van der Waals surface area contributed by atoms with Crippen LogP contribution in [-0.4, -0.2) is 43.0 Å². The standard InChI is InChI=1S/C24H23ClFN5O2.2CH4/c1-4-33-22-12-20-17(11-21(22)30-23(32)6-5-9-31(2)3)24(15(13-27)14-28-20)29-16-7-8-19(26)18(25)10-16;;/h5-8,10-12,14H,4,9H2,1-3H3,(H,28,29)(H,30,32);2*1H4/b6-5+;;. The molecule has 186 valence electrons. The molecule has 0 unspecified atom stereocenters. The molecule has 0 aliphatic rings. The van der Waals surface area contributed by atoms with E-state index in [-0.39, 0.29) is 31.3 Å². The first kappa shape index (κ1) is 29.4. The SMILES string of the molecule is C.C.CCOc1cc2ncc(C#N)c(Nc3ccc(F)c(Cl)c3)c2cc1NC(=O)/C=C/CN(C)C. The molecule has 0 fully saturated rings. The van der Waals surface area contributed by atoms with Crippen LogP contribution in [0.1, 0.15) is 27.3 Å². The van der Waals surface area contributed by atoms with Crippen LogP contribution < -0.4 is 15.4 Å². The molecule has 0 saturated heterocycles. The van der Waals surface area contributed by atoms with Gasteiger partial charge in [0.2, 0.25) is 5.91 Å². The number of halogens is 2. The fourth-order valence-corrected chi connectivity index (χ4v) is 3.26. The van der Waals surface area contributed by atoms with Crippen LogP contribution in [0, 0.1) is 17.1 Å². The normalized spacial score (nSPS) is 10.4. The number of nitrogens with one attached hydrogen (secondary N) is 2. The summed E-state index contributed by atoms with van der Waals surface area (Å²) in [6, 6.07) is 9.67. The Morgan fingerprint density at radius 3 is 2.66 bits per heavy atom. The fraction of sp³-hybridized carbons (Fsp3) is 0.269. The average Bonchev–Trinajstić information content (AvgIpc) is 2.77. The lowest BCUT2D eigenvalue weighted by Gasteiger charge is -2.16. The molecule has 2 aromatic carbocycles. The fourth-order valence-electron chi connectivity index (χ4n) is 3.08. The average molecular weight is 500 g/mol. The van der Waals surface area contributed by atoms with Crippen LogP contribution >= 0.6 is 11.6 Å². The third-order valence-electron chi connectivity index (χ3n) is 4.58. The van der Waals surface area contributed by atoms with Gasteiger partial charge in [0.05, 0.1) is 34.1 Å². The molecule has 9 heteroatoms. The van der Waals surface area contributed by atoms with Crippen molar-refractivity contribution in [2.75, 3.05) is 37.9 Å². The van der Waals surface area contributed by atoms with Crippen LogP contribution in [0.5, 0.6) is 5.75 Å². The van der Waals surface area contributed by atoms with E-state index in [1.165, 1.54) is 30.5 Å². The smallest absolute Gasteiger partial charge is 0.248 e. The van der Waals surface area contributed by atoms with Gasteiger partial charge < -0.3 is 20.3 Å². The van der Waals surface area contributed by atoms with Crippen molar-refractivity contribution in [3.05, 3.63) is 65.1 Å². The van der Waals surface area contributed by atoms with E-state index in [1.54, 1.807) is 18.2 Å². The van der Waals surface area contributed by atoms with E-state index < -0.39 is 5.82 Å². The summed E-state index contributed by atoms with van der Waals surface area (Å²) in [5.74, 6) is -0.412. The number of hydrogen-bond acceptors (Lipinski definition) is 6. The Hall–Kier alpha value is -3.67. The van der Waals surface area contributed by atoms with Gasteiger partial charge in [-0.3, -0.25) is 9.78 Å². The van der Waals surface area contributed by atoms with Crippen molar-refractivity contribution in [1.29, 1.82) is 5.26 Å². The molecule has 0 bridgehead atoms. The Balaban J connectivity index is 0.00000306. The zero-order chi connectivity index (χ0) is 24.0. The number of aromatic nitrogens is 1. The number of carbonyl (C=O) groups excluding carboxylic acids is 1. The van der Waals surface area contributed by atoms with Crippen LogP contribution in [0.15, 0.2) is 48.7 Å². The van der Waals surface area contributed by atoms with Crippen LogP contribution in [0.4, 0.5) is 21.5 Å². The molecule has 0 aliphatic carbocycles. The summed E-state index contributed by atoms with van der Waals surface area (Å²) in [5, 5.41) is 16.1. The maximum atomic E-state index is 13.6. The Kier molecular flexibility index (Phi) is 11.1. The summed E-state index contributed by atoms with van der Waals surface area (Å²) in [5.41, 5.74) is 2.20. The molecule has 3 rings (SSSR count). The monoisotopic (exact) mass is 499 g/mol. The van der Waals surface area contributed by atoms with Gasteiger partial charge in [0, 0.05) is 36.0 Å². The second kappa shape index (κ2) is 13.3. The van der Waals surface area contributed by atoms with Gasteiger partial charge in [0.25, 0.3) is 0 Å². The van der Waals surface area contributed by atoms with Crippen molar-refractivity contribution in [2.45, 2.75) is 21.8 Å². The molecule has 0 saturated carbocycles. The summed E-state index contributed by atoms with van der Waals surface area (Å²) in [6.07, 6.45) is 4.63. The lowest BCUT2D eigenvalue weighted by molar-refractivity contribution is -0.111. The zero-order valence-electron chi connectivity index (χ0n) is 18.4. The molecule has 35 heavy (non-hydrogen) atoms. The Labute approximate surface area is 211 Å². The molecular weight excluding hydrogens is 469 g/mol. The van der Waals surface area contributed by atoms with E-state index in [1.807, 2.05) is 25.9 Å². The first-order valence-corrected chi connectivity index (χ1v) is 10.5. The van der Waals surface area contributed by atoms with E-state index in [9.17, 15) is 14.4 Å². The van der Waals surface area contributed by atoms with Gasteiger partial charge in [0.15, 0.2) is 0 Å². The third kappa shape index (κ3) is 7.41. The van der Waals surface area contributed by atoms with Gasteiger partial charge in [-0.05, 0) is 45.3 Å². The molecule has 3 aromatic rings. The second-order valence-electron chi connectivity index (χ2n) is 7.36. The summed E-state index contributed by atoms with van der Waals surface area (Å²) in [4.78, 5) is 18.7. The highest BCUT2D eigenvalue weighted by molar-refractivity contribution is 6.31. The number of ether oxygens (including phenoxy) is 1. The number of anilines is 3. The highest BCUT2D eigenvalue weighted by Gasteiger charge is 2.15. The molecule has 0 atom stereocenters. The van der Waals surface area contributed by atoms with Gasteiger partial charge in [-0.25, -0.2) is 4.39 Å². The zero-order valence-corrected chi connectivity index (χ0v) is 19.2. The Morgan fingerprint density at radius 1 is 1.29 bits per heavy atom. The molecule has 0 radical (unpaired) electrons. The minimum absolute atomic E-state index is 0. The predicted molar refractivity (Wildman–Crippen MR) is 142 cm³/mol. The van der Waals surface area contributed by atoms with Crippen molar-refractivity contribution in [2.24, 2.45) is 0 Å². The van der Waals surface area contributed by atoms with Gasteiger partial charge >= 0.3 is 0 Å². The third-order valence-corrected chi connectivity index (χ3v) is 4.87. The second-order valence-corrected chi connectivity index (χ2v) is 7.77. The van der Waals surface area contributed by atoms with E-state index in [0.717, 1.165) is 0 Å². The molecule has 0 aliphatic heterocycles. The molecular formula is C26H31ClFN5O2. The van der Waals surface area contributed by atoms with Gasteiger partial charge in [-0.2, -0.15) is 5.26 Å². The molecule has 7 nitrogen and oxygen atoms in total. The number of fused-ring (bicyclic) bond motifs is 1. The molecule has 1 aromatic heterocycles.